The largest absolute Gasteiger partial charge is 0.394 e. The van der Waals surface area contributed by atoms with Crippen molar-refractivity contribution in [1.29, 1.82) is 0 Å². The number of imidazole rings is 1. The number of carbonyl (C=O) groups is 1. The molecular formula is C16H20ClN5O3. The van der Waals surface area contributed by atoms with Gasteiger partial charge in [0.1, 0.15) is 5.69 Å². The summed E-state index contributed by atoms with van der Waals surface area (Å²) in [7, 11) is 0. The highest BCUT2D eigenvalue weighted by Crippen LogP contribution is 2.39. The van der Waals surface area contributed by atoms with Crippen molar-refractivity contribution in [3.63, 3.8) is 0 Å². The maximum atomic E-state index is 11.9. The molecule has 1 saturated heterocycles. The highest BCUT2D eigenvalue weighted by molar-refractivity contribution is 6.22. The molecule has 0 aliphatic carbocycles. The minimum absolute atomic E-state index is 0.107. The number of terminal acetylenes is 1. The van der Waals surface area contributed by atoms with Gasteiger partial charge in [-0.1, -0.05) is 31.4 Å². The van der Waals surface area contributed by atoms with Crippen LogP contribution in [-0.2, 0) is 9.53 Å². The average molecular weight is 366 g/mol. The Bertz CT molecular complexity index is 739. The van der Waals surface area contributed by atoms with Crippen LogP contribution >= 0.6 is 11.6 Å². The molecule has 134 valence electrons. The van der Waals surface area contributed by atoms with Crippen LogP contribution < -0.4 is 10.6 Å². The lowest BCUT2D eigenvalue weighted by Crippen LogP contribution is -2.44. The van der Waals surface area contributed by atoms with Crippen molar-refractivity contribution in [3.05, 3.63) is 12.0 Å². The normalized spacial score (nSPS) is 28.1. The molecule has 8 nitrogen and oxygen atoms in total. The van der Waals surface area contributed by atoms with E-state index >= 15 is 0 Å². The van der Waals surface area contributed by atoms with Gasteiger partial charge in [-0.2, -0.15) is 4.99 Å². The molecule has 1 aromatic heterocycles. The average Bonchev–Trinajstić information content (AvgIpc) is 3.17. The van der Waals surface area contributed by atoms with Crippen LogP contribution in [0.25, 0.3) is 0 Å². The number of aromatic nitrogens is 2. The molecule has 4 atom stereocenters. The molecule has 3 heterocycles. The fourth-order valence-corrected chi connectivity index (χ4v) is 3.03. The van der Waals surface area contributed by atoms with Gasteiger partial charge >= 0.3 is 0 Å². The van der Waals surface area contributed by atoms with Gasteiger partial charge in [0.2, 0.25) is 11.9 Å². The summed E-state index contributed by atoms with van der Waals surface area (Å²) in [5, 5.41) is 14.9. The van der Waals surface area contributed by atoms with E-state index in [2.05, 4.69) is 26.5 Å². The topological polar surface area (TPSA) is 101 Å². The zero-order chi connectivity index (χ0) is 18.1. The van der Waals surface area contributed by atoms with E-state index in [1.807, 2.05) is 0 Å². The predicted octanol–water partition coefficient (Wildman–Crippen LogP) is 1.01. The first-order chi connectivity index (χ1) is 11.9. The van der Waals surface area contributed by atoms with Gasteiger partial charge in [0.05, 0.1) is 25.0 Å². The van der Waals surface area contributed by atoms with Crippen LogP contribution in [0.4, 0.5) is 5.82 Å². The molecule has 0 spiro atoms. The molecular weight excluding hydrogens is 346 g/mol. The van der Waals surface area contributed by atoms with Crippen molar-refractivity contribution in [2.45, 2.75) is 38.1 Å². The molecule has 9 heteroatoms. The van der Waals surface area contributed by atoms with Crippen LogP contribution in [0, 0.1) is 24.2 Å². The monoisotopic (exact) mass is 365 g/mol. The first-order valence-corrected chi connectivity index (χ1v) is 8.47. The SMILES string of the molecule is C#CC1C[C@@H](CO)O[C@H]1n1cnc2c1N=C(NC(=O)C(C)C)NC2Cl. The fraction of sp³-hybridized carbons (Fsp3) is 0.562. The highest BCUT2D eigenvalue weighted by Gasteiger charge is 2.38. The van der Waals surface area contributed by atoms with E-state index in [4.69, 9.17) is 22.8 Å². The summed E-state index contributed by atoms with van der Waals surface area (Å²) < 4.78 is 7.53. The van der Waals surface area contributed by atoms with Crippen LogP contribution in [0.2, 0.25) is 0 Å². The van der Waals surface area contributed by atoms with Gasteiger partial charge in [-0.15, -0.1) is 6.42 Å². The third kappa shape index (κ3) is 3.35. The van der Waals surface area contributed by atoms with E-state index in [0.29, 0.717) is 17.9 Å². The van der Waals surface area contributed by atoms with Gasteiger partial charge in [0.15, 0.2) is 17.5 Å². The molecule has 2 aliphatic heterocycles. The van der Waals surface area contributed by atoms with Gasteiger partial charge in [-0.3, -0.25) is 14.7 Å². The molecule has 0 radical (unpaired) electrons. The Morgan fingerprint density at radius 1 is 1.68 bits per heavy atom. The molecule has 2 aliphatic rings. The van der Waals surface area contributed by atoms with Crippen LogP contribution in [0.15, 0.2) is 11.3 Å². The minimum Gasteiger partial charge on any atom is -0.394 e. The number of aliphatic imine (C=N–C) groups is 1. The number of rotatable bonds is 3. The molecule has 0 aromatic carbocycles. The zero-order valence-corrected chi connectivity index (χ0v) is 14.7. The summed E-state index contributed by atoms with van der Waals surface area (Å²) in [5.41, 5.74) is -0.119. The number of halogens is 1. The Balaban J connectivity index is 1.92. The van der Waals surface area contributed by atoms with Gasteiger partial charge in [-0.25, -0.2) is 4.98 Å². The third-order valence-electron chi connectivity index (χ3n) is 4.17. The van der Waals surface area contributed by atoms with Crippen molar-refractivity contribution in [1.82, 2.24) is 20.2 Å². The lowest BCUT2D eigenvalue weighted by molar-refractivity contribution is -0.122. The minimum atomic E-state index is -0.643. The highest BCUT2D eigenvalue weighted by atomic mass is 35.5. The van der Waals surface area contributed by atoms with Crippen LogP contribution in [-0.4, -0.2) is 39.2 Å². The van der Waals surface area contributed by atoms with E-state index in [0.717, 1.165) is 0 Å². The van der Waals surface area contributed by atoms with Crippen molar-refractivity contribution in [2.75, 3.05) is 6.61 Å². The van der Waals surface area contributed by atoms with Gasteiger partial charge < -0.3 is 15.2 Å². The maximum absolute atomic E-state index is 11.9. The molecule has 0 saturated carbocycles. The summed E-state index contributed by atoms with van der Waals surface area (Å²) in [4.78, 5) is 20.6. The lowest BCUT2D eigenvalue weighted by atomic mass is 10.0. The van der Waals surface area contributed by atoms with Crippen LogP contribution in [0.3, 0.4) is 0 Å². The Kier molecular flexibility index (Phi) is 4.99. The van der Waals surface area contributed by atoms with Crippen LogP contribution in [0.5, 0.6) is 0 Å². The van der Waals surface area contributed by atoms with Crippen molar-refractivity contribution < 1.29 is 14.6 Å². The third-order valence-corrected chi connectivity index (χ3v) is 4.48. The number of fused-ring (bicyclic) bond motifs is 1. The Hall–Kier alpha value is -2.08. The fourth-order valence-electron chi connectivity index (χ4n) is 2.78. The molecule has 3 rings (SSSR count). The standard InChI is InChI=1S/C16H20ClN5O3/c1-4-9-5-10(6-23)25-15(9)22-7-18-11-12(17)19-16(20-13(11)22)21-14(24)8(2)3/h1,7-10,12,15,23H,5-6H2,2-3H3,(H2,19,20,21,24)/t9?,10-,12?,15+/m0/s1. The number of guanidine groups is 1. The van der Waals surface area contributed by atoms with E-state index in [1.165, 1.54) is 0 Å². The quantitative estimate of drug-likeness (QED) is 0.421. The second-order valence-corrected chi connectivity index (χ2v) is 6.75. The Labute approximate surface area is 150 Å². The summed E-state index contributed by atoms with van der Waals surface area (Å²) in [5.74, 6) is 2.82. The van der Waals surface area contributed by atoms with Crippen LogP contribution in [0.1, 0.15) is 37.7 Å². The summed E-state index contributed by atoms with van der Waals surface area (Å²) in [6.45, 7) is 3.46. The lowest BCUT2D eigenvalue weighted by Gasteiger charge is -2.23. The molecule has 0 bridgehead atoms. The molecule has 1 fully saturated rings. The Morgan fingerprint density at radius 2 is 2.44 bits per heavy atom. The van der Waals surface area contributed by atoms with Crippen molar-refractivity contribution in [2.24, 2.45) is 16.8 Å². The van der Waals surface area contributed by atoms with E-state index in [9.17, 15) is 9.90 Å². The molecule has 3 N–H and O–H groups in total. The molecule has 25 heavy (non-hydrogen) atoms. The van der Waals surface area contributed by atoms with Gasteiger partial charge in [-0.05, 0) is 6.42 Å². The predicted molar refractivity (Wildman–Crippen MR) is 92.0 cm³/mol. The second kappa shape index (κ2) is 7.04. The number of hydrogen-bond donors (Lipinski definition) is 3. The maximum Gasteiger partial charge on any atom is 0.229 e. The molecule has 2 unspecified atom stereocenters. The second-order valence-electron chi connectivity index (χ2n) is 6.31. The smallest absolute Gasteiger partial charge is 0.229 e. The molecule has 1 amide bonds. The summed E-state index contributed by atoms with van der Waals surface area (Å²) in [6.07, 6.45) is 6.89. The number of hydrogen-bond acceptors (Lipinski definition) is 6. The number of nitrogens with zero attached hydrogens (tertiary/aromatic N) is 3. The number of amides is 1. The number of aliphatic hydroxyl groups excluding tert-OH is 1. The van der Waals surface area contributed by atoms with Crippen molar-refractivity contribution in [3.8, 4) is 12.3 Å². The first kappa shape index (κ1) is 17.7. The first-order valence-electron chi connectivity index (χ1n) is 8.04. The van der Waals surface area contributed by atoms with E-state index in [1.54, 1.807) is 24.7 Å². The number of carbonyl (C=O) groups excluding carboxylic acids is 1. The zero-order valence-electron chi connectivity index (χ0n) is 13.9. The number of aliphatic hydroxyl groups is 1. The molecule has 1 aromatic rings. The number of nitrogens with one attached hydrogen (secondary N) is 2. The summed E-state index contributed by atoms with van der Waals surface area (Å²) >= 11 is 6.31. The number of ether oxygens (including phenoxy) is 1. The number of alkyl halides is 1. The van der Waals surface area contributed by atoms with Gasteiger partial charge in [0.25, 0.3) is 0 Å². The van der Waals surface area contributed by atoms with E-state index < -0.39 is 11.7 Å². The van der Waals surface area contributed by atoms with Crippen molar-refractivity contribution >= 4 is 29.3 Å². The van der Waals surface area contributed by atoms with E-state index in [-0.39, 0.29) is 36.4 Å². The Morgan fingerprint density at radius 3 is 3.08 bits per heavy atom. The van der Waals surface area contributed by atoms with Gasteiger partial charge in [0, 0.05) is 5.92 Å². The summed E-state index contributed by atoms with van der Waals surface area (Å²) in [6, 6.07) is 0.